The zero-order valence-corrected chi connectivity index (χ0v) is 10.2. The third-order valence-electron chi connectivity index (χ3n) is 2.37. The summed E-state index contributed by atoms with van der Waals surface area (Å²) in [5.41, 5.74) is 1.05. The zero-order chi connectivity index (χ0) is 12.0. The van der Waals surface area contributed by atoms with Crippen LogP contribution in [0.3, 0.4) is 0 Å². The van der Waals surface area contributed by atoms with E-state index in [-0.39, 0.29) is 12.4 Å². The first kappa shape index (κ1) is 13.3. The Kier molecular flexibility index (Phi) is 5.60. The molecule has 0 heterocycles. The van der Waals surface area contributed by atoms with Crippen molar-refractivity contribution in [1.29, 1.82) is 0 Å². The van der Waals surface area contributed by atoms with Crippen molar-refractivity contribution in [2.45, 2.75) is 19.9 Å². The Bertz CT molecular complexity index is 325. The van der Waals surface area contributed by atoms with Gasteiger partial charge in [-0.2, -0.15) is 0 Å². The van der Waals surface area contributed by atoms with Gasteiger partial charge in [0, 0.05) is 13.1 Å². The minimum atomic E-state index is 0.106. The Morgan fingerprint density at radius 3 is 2.62 bits per heavy atom. The van der Waals surface area contributed by atoms with E-state index in [0.717, 1.165) is 25.1 Å². The molecule has 0 atom stereocenters. The predicted octanol–water partition coefficient (Wildman–Crippen LogP) is 2.25. The molecular formula is C12H18ClNO2. The van der Waals surface area contributed by atoms with Gasteiger partial charge in [0.2, 0.25) is 0 Å². The first-order valence-electron chi connectivity index (χ1n) is 5.48. The van der Waals surface area contributed by atoms with Crippen LogP contribution in [-0.2, 0) is 6.54 Å². The molecule has 0 spiro atoms. The lowest BCUT2D eigenvalue weighted by molar-refractivity contribution is 0.190. The van der Waals surface area contributed by atoms with E-state index in [4.69, 9.17) is 16.7 Å². The number of hydrogen-bond donors (Lipinski definition) is 2. The molecule has 0 saturated heterocycles. The largest absolute Gasteiger partial charge is 0.506 e. The number of halogens is 1. The van der Waals surface area contributed by atoms with Crippen LogP contribution in [0.25, 0.3) is 0 Å². The summed E-state index contributed by atoms with van der Waals surface area (Å²) in [6.45, 7) is 4.61. The van der Waals surface area contributed by atoms with Crippen molar-refractivity contribution in [3.63, 3.8) is 0 Å². The van der Waals surface area contributed by atoms with Crippen LogP contribution in [0, 0.1) is 0 Å². The second-order valence-electron chi connectivity index (χ2n) is 3.79. The number of phenolic OH excluding ortho intramolecular Hbond substituents is 1. The molecule has 0 aliphatic heterocycles. The summed E-state index contributed by atoms with van der Waals surface area (Å²) in [4.78, 5) is 2.16. The summed E-state index contributed by atoms with van der Waals surface area (Å²) in [6, 6.07) is 5.21. The lowest BCUT2D eigenvalue weighted by Gasteiger charge is -2.20. The van der Waals surface area contributed by atoms with E-state index in [2.05, 4.69) is 11.8 Å². The van der Waals surface area contributed by atoms with Crippen LogP contribution >= 0.6 is 11.6 Å². The number of aromatic hydroxyl groups is 1. The highest BCUT2D eigenvalue weighted by Gasteiger charge is 2.06. The summed E-state index contributed by atoms with van der Waals surface area (Å²) in [5, 5.41) is 18.6. The molecule has 16 heavy (non-hydrogen) atoms. The van der Waals surface area contributed by atoms with Gasteiger partial charge in [-0.3, -0.25) is 4.90 Å². The van der Waals surface area contributed by atoms with Gasteiger partial charge in [0.1, 0.15) is 5.75 Å². The highest BCUT2D eigenvalue weighted by Crippen LogP contribution is 2.24. The number of aliphatic hydroxyl groups is 1. The Balaban J connectivity index is 2.65. The van der Waals surface area contributed by atoms with E-state index in [1.165, 1.54) is 0 Å². The summed E-state index contributed by atoms with van der Waals surface area (Å²) in [6.07, 6.45) is 1.05. The highest BCUT2D eigenvalue weighted by molar-refractivity contribution is 6.32. The van der Waals surface area contributed by atoms with Crippen LogP contribution in [0.2, 0.25) is 5.02 Å². The second kappa shape index (κ2) is 6.74. The SMILES string of the molecule is CCCN(CCO)Cc1ccc(O)c(Cl)c1. The smallest absolute Gasteiger partial charge is 0.134 e. The maximum atomic E-state index is 9.30. The van der Waals surface area contributed by atoms with E-state index in [1.807, 2.05) is 6.07 Å². The normalized spacial score (nSPS) is 11.0. The van der Waals surface area contributed by atoms with Crippen LogP contribution in [0.4, 0.5) is 0 Å². The van der Waals surface area contributed by atoms with Gasteiger partial charge in [0.05, 0.1) is 11.6 Å². The van der Waals surface area contributed by atoms with Gasteiger partial charge < -0.3 is 10.2 Å². The summed E-state index contributed by atoms with van der Waals surface area (Å²) in [7, 11) is 0. The molecule has 1 aromatic carbocycles. The second-order valence-corrected chi connectivity index (χ2v) is 4.19. The van der Waals surface area contributed by atoms with Crippen molar-refractivity contribution >= 4 is 11.6 Å². The topological polar surface area (TPSA) is 43.7 Å². The molecule has 0 amide bonds. The fourth-order valence-corrected chi connectivity index (χ4v) is 1.84. The molecule has 0 aliphatic rings. The van der Waals surface area contributed by atoms with E-state index in [9.17, 15) is 5.11 Å². The maximum absolute atomic E-state index is 9.30. The number of benzene rings is 1. The first-order chi connectivity index (χ1) is 7.67. The monoisotopic (exact) mass is 243 g/mol. The van der Waals surface area contributed by atoms with Crippen LogP contribution in [0.1, 0.15) is 18.9 Å². The number of rotatable bonds is 6. The number of nitrogens with zero attached hydrogens (tertiary/aromatic N) is 1. The quantitative estimate of drug-likeness (QED) is 0.806. The Morgan fingerprint density at radius 1 is 1.31 bits per heavy atom. The molecule has 1 aromatic rings. The van der Waals surface area contributed by atoms with E-state index < -0.39 is 0 Å². The van der Waals surface area contributed by atoms with Crippen molar-refractivity contribution in [3.05, 3.63) is 28.8 Å². The molecule has 3 nitrogen and oxygen atoms in total. The summed E-state index contributed by atoms with van der Waals surface area (Å²) >= 11 is 5.83. The number of aliphatic hydroxyl groups excluding tert-OH is 1. The van der Waals surface area contributed by atoms with E-state index in [1.54, 1.807) is 12.1 Å². The highest BCUT2D eigenvalue weighted by atomic mass is 35.5. The fourth-order valence-electron chi connectivity index (χ4n) is 1.63. The van der Waals surface area contributed by atoms with Gasteiger partial charge in [0.25, 0.3) is 0 Å². The average Bonchev–Trinajstić information content (AvgIpc) is 2.24. The van der Waals surface area contributed by atoms with Crippen molar-refractivity contribution in [3.8, 4) is 5.75 Å². The van der Waals surface area contributed by atoms with Gasteiger partial charge >= 0.3 is 0 Å². The van der Waals surface area contributed by atoms with E-state index in [0.29, 0.717) is 11.6 Å². The van der Waals surface area contributed by atoms with Crippen LogP contribution < -0.4 is 0 Å². The third-order valence-corrected chi connectivity index (χ3v) is 2.68. The molecule has 0 unspecified atom stereocenters. The van der Waals surface area contributed by atoms with Gasteiger partial charge in [0.15, 0.2) is 0 Å². The molecular weight excluding hydrogens is 226 g/mol. The Hall–Kier alpha value is -0.770. The lowest BCUT2D eigenvalue weighted by Crippen LogP contribution is -2.27. The minimum Gasteiger partial charge on any atom is -0.506 e. The van der Waals surface area contributed by atoms with Gasteiger partial charge in [-0.15, -0.1) is 0 Å². The van der Waals surface area contributed by atoms with Crippen LogP contribution in [0.5, 0.6) is 5.75 Å². The minimum absolute atomic E-state index is 0.106. The molecule has 90 valence electrons. The molecule has 1 rings (SSSR count). The van der Waals surface area contributed by atoms with Gasteiger partial charge in [-0.1, -0.05) is 24.6 Å². The number of phenols is 1. The van der Waals surface area contributed by atoms with E-state index >= 15 is 0 Å². The first-order valence-corrected chi connectivity index (χ1v) is 5.85. The van der Waals surface area contributed by atoms with Crippen LogP contribution in [0.15, 0.2) is 18.2 Å². The molecule has 4 heteroatoms. The van der Waals surface area contributed by atoms with Crippen molar-refractivity contribution in [1.82, 2.24) is 4.90 Å². The molecule has 0 fully saturated rings. The Morgan fingerprint density at radius 2 is 2.06 bits per heavy atom. The average molecular weight is 244 g/mol. The molecule has 2 N–H and O–H groups in total. The lowest BCUT2D eigenvalue weighted by atomic mass is 10.2. The summed E-state index contributed by atoms with van der Waals surface area (Å²) < 4.78 is 0. The van der Waals surface area contributed by atoms with Crippen molar-refractivity contribution in [2.24, 2.45) is 0 Å². The third kappa shape index (κ3) is 4.00. The van der Waals surface area contributed by atoms with Crippen molar-refractivity contribution < 1.29 is 10.2 Å². The predicted molar refractivity (Wildman–Crippen MR) is 65.8 cm³/mol. The maximum Gasteiger partial charge on any atom is 0.134 e. The molecule has 0 saturated carbocycles. The molecule has 0 aliphatic carbocycles. The fraction of sp³-hybridized carbons (Fsp3) is 0.500. The van der Waals surface area contributed by atoms with Gasteiger partial charge in [-0.05, 0) is 30.7 Å². The number of hydrogen-bond acceptors (Lipinski definition) is 3. The summed E-state index contributed by atoms with van der Waals surface area (Å²) in [5.74, 6) is 0.106. The van der Waals surface area contributed by atoms with Crippen molar-refractivity contribution in [2.75, 3.05) is 19.7 Å². The molecule has 0 bridgehead atoms. The van der Waals surface area contributed by atoms with Crippen LogP contribution in [-0.4, -0.2) is 34.8 Å². The molecule has 0 radical (unpaired) electrons. The zero-order valence-electron chi connectivity index (χ0n) is 9.49. The standard InChI is InChI=1S/C12H18ClNO2/c1-2-5-14(6-7-15)9-10-3-4-12(16)11(13)8-10/h3-4,8,15-16H,2,5-7,9H2,1H3. The Labute approximate surface area is 101 Å². The van der Waals surface area contributed by atoms with Gasteiger partial charge in [-0.25, -0.2) is 0 Å². The molecule has 0 aromatic heterocycles.